The van der Waals surface area contributed by atoms with E-state index in [1.54, 1.807) is 11.0 Å². The number of amides is 2. The van der Waals surface area contributed by atoms with E-state index in [4.69, 9.17) is 32.5 Å². The summed E-state index contributed by atoms with van der Waals surface area (Å²) >= 11 is 6.52. The van der Waals surface area contributed by atoms with Crippen LogP contribution in [0.3, 0.4) is 0 Å². The molecule has 1 fully saturated rings. The van der Waals surface area contributed by atoms with Gasteiger partial charge < -0.3 is 31.2 Å². The number of fused-ring (bicyclic) bond motifs is 1. The lowest BCUT2D eigenvalue weighted by atomic mass is 10.1. The third kappa shape index (κ3) is 7.30. The maximum atomic E-state index is 13.9. The van der Waals surface area contributed by atoms with Crippen LogP contribution in [0.4, 0.5) is 24.7 Å². The van der Waals surface area contributed by atoms with E-state index in [-0.39, 0.29) is 66.1 Å². The Morgan fingerprint density at radius 1 is 1.17 bits per heavy atom. The van der Waals surface area contributed by atoms with Gasteiger partial charge in [-0.25, -0.2) is 14.8 Å². The van der Waals surface area contributed by atoms with Crippen molar-refractivity contribution in [2.24, 2.45) is 11.5 Å². The Labute approximate surface area is 270 Å². The van der Waals surface area contributed by atoms with Crippen LogP contribution in [0.1, 0.15) is 16.1 Å². The number of ether oxygens (including phenoxy) is 2. The number of anilines is 2. The number of nitrogens with zero attached hydrogens (tertiary/aromatic N) is 7. The van der Waals surface area contributed by atoms with E-state index in [1.165, 1.54) is 58.0 Å². The van der Waals surface area contributed by atoms with Crippen molar-refractivity contribution in [3.63, 3.8) is 0 Å². The summed E-state index contributed by atoms with van der Waals surface area (Å²) < 4.78 is 54.5. The van der Waals surface area contributed by atoms with Crippen LogP contribution in [0.2, 0.25) is 5.02 Å². The highest BCUT2D eigenvalue weighted by Gasteiger charge is 2.38. The number of nitrogens with two attached hydrogens (primary N) is 2. The van der Waals surface area contributed by atoms with Crippen molar-refractivity contribution in [3.05, 3.63) is 59.3 Å². The molecular weight excluding hydrogens is 649 g/mol. The molecule has 1 aromatic carbocycles. The molecule has 4 aromatic rings. The Kier molecular flexibility index (Phi) is 9.94. The third-order valence-corrected chi connectivity index (χ3v) is 7.62. The van der Waals surface area contributed by atoms with Gasteiger partial charge in [-0.2, -0.15) is 18.3 Å². The molecule has 250 valence electrons. The van der Waals surface area contributed by atoms with E-state index >= 15 is 0 Å². The van der Waals surface area contributed by atoms with Gasteiger partial charge in [0.1, 0.15) is 0 Å². The van der Waals surface area contributed by atoms with Crippen LogP contribution in [-0.2, 0) is 31.8 Å². The summed E-state index contributed by atoms with van der Waals surface area (Å²) in [5.41, 5.74) is 10.4. The van der Waals surface area contributed by atoms with Crippen LogP contribution in [0.5, 0.6) is 0 Å². The van der Waals surface area contributed by atoms with Crippen molar-refractivity contribution in [2.45, 2.75) is 18.9 Å². The van der Waals surface area contributed by atoms with Crippen LogP contribution < -0.4 is 16.8 Å². The smallest absolute Gasteiger partial charge is 0.435 e. The quantitative estimate of drug-likeness (QED) is 0.164. The van der Waals surface area contributed by atoms with Crippen LogP contribution in [0.15, 0.2) is 43.0 Å². The summed E-state index contributed by atoms with van der Waals surface area (Å²) in [6, 6.07) is 4.55. The normalized spacial score (nSPS) is 15.6. The minimum absolute atomic E-state index is 0.0519. The van der Waals surface area contributed by atoms with Gasteiger partial charge >= 0.3 is 18.1 Å². The summed E-state index contributed by atoms with van der Waals surface area (Å²) in [6.07, 6.45) is -0.190. The number of primary amides is 1. The number of piperazine rings is 1. The lowest BCUT2D eigenvalue weighted by Gasteiger charge is -2.40. The summed E-state index contributed by atoms with van der Waals surface area (Å²) in [5, 5.41) is 6.86. The summed E-state index contributed by atoms with van der Waals surface area (Å²) in [7, 11) is 1.44. The van der Waals surface area contributed by atoms with Gasteiger partial charge in [0.2, 0.25) is 0 Å². The van der Waals surface area contributed by atoms with E-state index in [2.05, 4.69) is 20.4 Å². The van der Waals surface area contributed by atoms with Crippen LogP contribution in [-0.4, -0.2) is 104 Å². The summed E-state index contributed by atoms with van der Waals surface area (Å²) in [6.45, 7) is 1.46. The molecule has 0 saturated carbocycles. The molecule has 2 amide bonds. The minimum Gasteiger partial charge on any atom is -0.437 e. The molecule has 5 rings (SSSR count). The van der Waals surface area contributed by atoms with Crippen molar-refractivity contribution >= 4 is 46.5 Å². The van der Waals surface area contributed by atoms with Gasteiger partial charge in [-0.3, -0.25) is 23.6 Å². The van der Waals surface area contributed by atoms with Crippen LogP contribution in [0.25, 0.3) is 16.9 Å². The molecule has 0 aliphatic carbocycles. The van der Waals surface area contributed by atoms with Crippen molar-refractivity contribution in [3.8, 4) is 11.3 Å². The highest BCUT2D eigenvalue weighted by molar-refractivity contribution is 6.34. The minimum atomic E-state index is -4.71. The molecule has 1 atom stereocenters. The average molecular weight is 679 g/mol. The number of carbonyl (C=O) groups excluding carboxylic acids is 3. The first-order valence-corrected chi connectivity index (χ1v) is 14.6. The molecular formula is C28H30ClF3N10O5. The third-order valence-electron chi connectivity index (χ3n) is 7.31. The Hall–Kier alpha value is -4.78. The second-order valence-corrected chi connectivity index (χ2v) is 10.8. The fourth-order valence-corrected chi connectivity index (χ4v) is 5.35. The number of imidazole rings is 1. The van der Waals surface area contributed by atoms with Gasteiger partial charge in [0, 0.05) is 57.6 Å². The monoisotopic (exact) mass is 678 g/mol. The topological polar surface area (TPSA) is 188 Å². The molecule has 1 saturated heterocycles. The van der Waals surface area contributed by atoms with E-state index in [0.29, 0.717) is 18.8 Å². The largest absolute Gasteiger partial charge is 0.437 e. The Balaban J connectivity index is 1.36. The van der Waals surface area contributed by atoms with E-state index < -0.39 is 35.9 Å². The average Bonchev–Trinajstić information content (AvgIpc) is 3.66. The number of methoxy groups -OCH3 is 1. The predicted molar refractivity (Wildman–Crippen MR) is 161 cm³/mol. The lowest BCUT2D eigenvalue weighted by Crippen LogP contribution is -2.57. The van der Waals surface area contributed by atoms with Gasteiger partial charge in [0.15, 0.2) is 23.4 Å². The SMILES string of the molecule is COCCn1cc(-c2cnc3c(Nc4ccc(C(=O)N5CCN(CCN)C(OC(=O)C(N)=O)C5)c(Cl)c4)nccn23)c(C(F)(F)F)n1. The predicted octanol–water partition coefficient (Wildman–Crippen LogP) is 1.73. The van der Waals surface area contributed by atoms with E-state index in [0.717, 1.165) is 0 Å². The number of hydrogen-bond donors (Lipinski definition) is 3. The fourth-order valence-electron chi connectivity index (χ4n) is 5.09. The van der Waals surface area contributed by atoms with Crippen molar-refractivity contribution < 1.29 is 37.0 Å². The number of carbonyl (C=O) groups is 3. The zero-order valence-electron chi connectivity index (χ0n) is 24.9. The standard InChI is InChI=1S/C28H30ClF3N10O5/c1-46-11-10-41-14-18(22(38-41)28(30,31)32)20-13-36-25-24(35-5-7-42(20)25)37-16-2-3-17(19(29)12-16)26(44)40-9-8-39(6-4-33)21(15-40)47-27(45)23(34)43/h2-3,5,7,12-14,21H,4,6,8-11,15,33H2,1H3,(H2,34,43)(H,35,37). The lowest BCUT2D eigenvalue weighted by molar-refractivity contribution is -0.169. The van der Waals surface area contributed by atoms with E-state index in [1.807, 2.05) is 0 Å². The highest BCUT2D eigenvalue weighted by atomic mass is 35.5. The van der Waals surface area contributed by atoms with Crippen molar-refractivity contribution in [1.29, 1.82) is 0 Å². The van der Waals surface area contributed by atoms with Crippen LogP contribution in [0, 0.1) is 0 Å². The number of rotatable bonds is 10. The second-order valence-electron chi connectivity index (χ2n) is 10.4. The molecule has 3 aromatic heterocycles. The highest BCUT2D eigenvalue weighted by Crippen LogP contribution is 2.37. The van der Waals surface area contributed by atoms with Gasteiger partial charge in [0.25, 0.3) is 5.91 Å². The molecule has 47 heavy (non-hydrogen) atoms. The molecule has 1 unspecified atom stereocenters. The molecule has 4 heterocycles. The molecule has 0 radical (unpaired) electrons. The number of aromatic nitrogens is 5. The molecule has 1 aliphatic heterocycles. The first-order valence-electron chi connectivity index (χ1n) is 14.2. The van der Waals surface area contributed by atoms with Crippen molar-refractivity contribution in [2.75, 3.05) is 51.8 Å². The number of hydrogen-bond acceptors (Lipinski definition) is 11. The molecule has 19 heteroatoms. The summed E-state index contributed by atoms with van der Waals surface area (Å²) in [4.78, 5) is 48.3. The Bertz CT molecular complexity index is 1800. The van der Waals surface area contributed by atoms with Crippen molar-refractivity contribution in [1.82, 2.24) is 33.9 Å². The Morgan fingerprint density at radius 2 is 1.96 bits per heavy atom. The first kappa shape index (κ1) is 33.6. The van der Waals surface area contributed by atoms with Gasteiger partial charge in [-0.15, -0.1) is 0 Å². The molecule has 5 N–H and O–H groups in total. The zero-order valence-corrected chi connectivity index (χ0v) is 25.7. The van der Waals surface area contributed by atoms with E-state index in [9.17, 15) is 27.6 Å². The Morgan fingerprint density at radius 3 is 2.64 bits per heavy atom. The fraction of sp³-hybridized carbons (Fsp3) is 0.357. The first-order chi connectivity index (χ1) is 22.4. The number of benzene rings is 1. The number of halogens is 4. The van der Waals surface area contributed by atoms with Gasteiger partial charge in [0.05, 0.1) is 47.7 Å². The number of alkyl halides is 3. The van der Waals surface area contributed by atoms with Gasteiger partial charge in [-0.05, 0) is 18.2 Å². The van der Waals surface area contributed by atoms with Crippen LogP contribution >= 0.6 is 11.6 Å². The molecule has 15 nitrogen and oxygen atoms in total. The molecule has 1 aliphatic rings. The van der Waals surface area contributed by atoms with Gasteiger partial charge in [-0.1, -0.05) is 11.6 Å². The number of esters is 1. The zero-order chi connectivity index (χ0) is 33.9. The molecule has 0 bridgehead atoms. The molecule has 0 spiro atoms. The number of nitrogens with one attached hydrogen (secondary N) is 1. The maximum absolute atomic E-state index is 13.9. The summed E-state index contributed by atoms with van der Waals surface area (Å²) in [5.74, 6) is -2.72. The second kappa shape index (κ2) is 13.9. The maximum Gasteiger partial charge on any atom is 0.435 e.